The highest BCUT2D eigenvalue weighted by atomic mass is 28.3. The molecule has 0 bridgehead atoms. The summed E-state index contributed by atoms with van der Waals surface area (Å²) in [5.41, 5.74) is 0. The molecule has 84 valence electrons. The topological polar surface area (TPSA) is 0 Å². The zero-order valence-corrected chi connectivity index (χ0v) is 12.6. The van der Waals surface area contributed by atoms with Crippen LogP contribution >= 0.6 is 0 Å². The van der Waals surface area contributed by atoms with Crippen LogP contribution in [0.1, 0.15) is 0 Å². The van der Waals surface area contributed by atoms with Crippen LogP contribution in [0.5, 0.6) is 0 Å². The quantitative estimate of drug-likeness (QED) is 0.697. The van der Waals surface area contributed by atoms with Crippen molar-refractivity contribution in [1.82, 2.24) is 0 Å². The van der Waals surface area contributed by atoms with Gasteiger partial charge in [0.2, 0.25) is 0 Å². The molecule has 3 heteroatoms. The maximum atomic E-state index is 13.9. The van der Waals surface area contributed by atoms with E-state index < -0.39 is 16.1 Å². The van der Waals surface area contributed by atoms with E-state index in [9.17, 15) is 4.39 Å². The number of hydrogen-bond donors (Lipinski definition) is 0. The van der Waals surface area contributed by atoms with Crippen molar-refractivity contribution in [3.05, 3.63) is 24.0 Å². The van der Waals surface area contributed by atoms with Crippen molar-refractivity contribution >= 4 is 26.5 Å². The molecule has 0 unspecified atom stereocenters. The maximum Gasteiger partial charge on any atom is 0.122 e. The molecular formula is C12H21FSi2. The lowest BCUT2D eigenvalue weighted by Gasteiger charge is -2.21. The van der Waals surface area contributed by atoms with E-state index in [1.165, 1.54) is 5.19 Å². The summed E-state index contributed by atoms with van der Waals surface area (Å²) < 4.78 is 13.9. The predicted octanol–water partition coefficient (Wildman–Crippen LogP) is 2.92. The Bertz CT molecular complexity index is 359. The molecule has 0 radical (unpaired) electrons. The van der Waals surface area contributed by atoms with E-state index in [1.54, 1.807) is 6.07 Å². The molecule has 1 rings (SSSR count). The van der Waals surface area contributed by atoms with Gasteiger partial charge in [-0.2, -0.15) is 0 Å². The SMILES string of the molecule is C[Si](C)(C)c1ccc([Si](C)(C)C)c(F)c1. The fraction of sp³-hybridized carbons (Fsp3) is 0.500. The number of rotatable bonds is 2. The van der Waals surface area contributed by atoms with Crippen LogP contribution in [0.4, 0.5) is 4.39 Å². The summed E-state index contributed by atoms with van der Waals surface area (Å²) in [5, 5.41) is 2.16. The molecule has 0 aliphatic rings. The molecule has 15 heavy (non-hydrogen) atoms. The van der Waals surface area contributed by atoms with Gasteiger partial charge in [-0.1, -0.05) is 56.6 Å². The average molecular weight is 240 g/mol. The molecule has 0 fully saturated rings. The van der Waals surface area contributed by atoms with Gasteiger partial charge in [-0.3, -0.25) is 0 Å². The van der Waals surface area contributed by atoms with E-state index in [0.717, 1.165) is 5.19 Å². The second-order valence-electron chi connectivity index (χ2n) is 6.19. The highest BCUT2D eigenvalue weighted by molar-refractivity contribution is 6.90. The van der Waals surface area contributed by atoms with E-state index in [-0.39, 0.29) is 5.82 Å². The molecule has 0 nitrogen and oxygen atoms in total. The van der Waals surface area contributed by atoms with Crippen molar-refractivity contribution < 1.29 is 4.39 Å². The Hall–Kier alpha value is -0.416. The molecule has 0 spiro atoms. The Morgan fingerprint density at radius 3 is 1.73 bits per heavy atom. The van der Waals surface area contributed by atoms with Gasteiger partial charge in [-0.25, -0.2) is 4.39 Å². The van der Waals surface area contributed by atoms with Crippen molar-refractivity contribution in [3.8, 4) is 0 Å². The number of halogens is 1. The van der Waals surface area contributed by atoms with Crippen molar-refractivity contribution in [3.63, 3.8) is 0 Å². The average Bonchev–Trinajstić information content (AvgIpc) is 1.99. The zero-order valence-electron chi connectivity index (χ0n) is 10.6. The monoisotopic (exact) mass is 240 g/mol. The van der Waals surface area contributed by atoms with Gasteiger partial charge in [0.05, 0.1) is 16.1 Å². The van der Waals surface area contributed by atoms with Crippen LogP contribution in [0.25, 0.3) is 0 Å². The Kier molecular flexibility index (Phi) is 3.26. The number of hydrogen-bond acceptors (Lipinski definition) is 0. The molecule has 1 aromatic rings. The first-order chi connectivity index (χ1) is 6.62. The summed E-state index contributed by atoms with van der Waals surface area (Å²) in [5.74, 6) is 0.00842. The summed E-state index contributed by atoms with van der Waals surface area (Å²) in [6.07, 6.45) is 0. The van der Waals surface area contributed by atoms with Gasteiger partial charge in [-0.05, 0) is 11.3 Å². The van der Waals surface area contributed by atoms with E-state index in [2.05, 4.69) is 45.3 Å². The molecular weight excluding hydrogens is 219 g/mol. The Morgan fingerprint density at radius 2 is 1.40 bits per heavy atom. The molecule has 0 saturated heterocycles. The van der Waals surface area contributed by atoms with Gasteiger partial charge < -0.3 is 0 Å². The summed E-state index contributed by atoms with van der Waals surface area (Å²) in [4.78, 5) is 0. The minimum absolute atomic E-state index is 0.00842. The predicted molar refractivity (Wildman–Crippen MR) is 72.4 cm³/mol. The second-order valence-corrected chi connectivity index (χ2v) is 16.3. The summed E-state index contributed by atoms with van der Waals surface area (Å²) in [6.45, 7) is 13.3. The van der Waals surface area contributed by atoms with E-state index in [4.69, 9.17) is 0 Å². The van der Waals surface area contributed by atoms with E-state index >= 15 is 0 Å². The van der Waals surface area contributed by atoms with Crippen LogP contribution < -0.4 is 10.4 Å². The van der Waals surface area contributed by atoms with Crippen LogP contribution in [-0.4, -0.2) is 16.1 Å². The molecule has 0 amide bonds. The van der Waals surface area contributed by atoms with Gasteiger partial charge in [0.1, 0.15) is 5.82 Å². The van der Waals surface area contributed by atoms with Crippen molar-refractivity contribution in [1.29, 1.82) is 0 Å². The summed E-state index contributed by atoms with van der Waals surface area (Å²) in [7, 11) is -2.89. The van der Waals surface area contributed by atoms with Crippen LogP contribution in [0.15, 0.2) is 18.2 Å². The van der Waals surface area contributed by atoms with Gasteiger partial charge >= 0.3 is 0 Å². The fourth-order valence-corrected chi connectivity index (χ4v) is 4.10. The summed E-state index contributed by atoms with van der Waals surface area (Å²) in [6, 6.07) is 5.90. The van der Waals surface area contributed by atoms with Crippen molar-refractivity contribution in [2.45, 2.75) is 39.3 Å². The highest BCUT2D eigenvalue weighted by Crippen LogP contribution is 2.08. The van der Waals surface area contributed by atoms with Crippen LogP contribution in [-0.2, 0) is 0 Å². The third-order valence-corrected chi connectivity index (χ3v) is 6.71. The zero-order chi connectivity index (χ0) is 11.9. The van der Waals surface area contributed by atoms with Gasteiger partial charge in [0, 0.05) is 0 Å². The van der Waals surface area contributed by atoms with Crippen molar-refractivity contribution in [2.75, 3.05) is 0 Å². The smallest absolute Gasteiger partial charge is 0.122 e. The third kappa shape index (κ3) is 3.02. The Balaban J connectivity index is 3.21. The molecule has 0 aromatic heterocycles. The fourth-order valence-electron chi connectivity index (χ4n) is 1.59. The normalized spacial score (nSPS) is 13.0. The lowest BCUT2D eigenvalue weighted by Crippen LogP contribution is -2.44. The lowest BCUT2D eigenvalue weighted by atomic mass is 10.3. The maximum absolute atomic E-state index is 13.9. The lowest BCUT2D eigenvalue weighted by molar-refractivity contribution is 0.636. The first-order valence-corrected chi connectivity index (χ1v) is 12.4. The molecule has 0 aliphatic heterocycles. The Labute approximate surface area is 94.5 Å². The molecule has 0 saturated carbocycles. The first kappa shape index (κ1) is 12.7. The molecule has 0 aliphatic carbocycles. The minimum Gasteiger partial charge on any atom is -0.207 e. The van der Waals surface area contributed by atoms with Crippen LogP contribution in [0.2, 0.25) is 39.3 Å². The molecule has 0 N–H and O–H groups in total. The van der Waals surface area contributed by atoms with Crippen molar-refractivity contribution in [2.24, 2.45) is 0 Å². The third-order valence-electron chi connectivity index (χ3n) is 2.64. The van der Waals surface area contributed by atoms with E-state index in [1.807, 2.05) is 6.07 Å². The van der Waals surface area contributed by atoms with Gasteiger partial charge in [0.15, 0.2) is 0 Å². The molecule has 1 aromatic carbocycles. The summed E-state index contributed by atoms with van der Waals surface area (Å²) >= 11 is 0. The highest BCUT2D eigenvalue weighted by Gasteiger charge is 2.23. The Morgan fingerprint density at radius 1 is 0.867 bits per heavy atom. The van der Waals surface area contributed by atoms with Crippen LogP contribution in [0.3, 0.4) is 0 Å². The first-order valence-electron chi connectivity index (χ1n) is 5.43. The van der Waals surface area contributed by atoms with Crippen LogP contribution in [0, 0.1) is 5.82 Å². The molecule has 0 heterocycles. The van der Waals surface area contributed by atoms with Gasteiger partial charge in [-0.15, -0.1) is 0 Å². The largest absolute Gasteiger partial charge is 0.207 e. The second kappa shape index (κ2) is 3.87. The van der Waals surface area contributed by atoms with Gasteiger partial charge in [0.25, 0.3) is 0 Å². The number of benzene rings is 1. The standard InChI is InChI=1S/C12H21FSi2/c1-14(2,3)10-7-8-12(11(13)9-10)15(4,5)6/h7-9H,1-6H3. The minimum atomic E-state index is -1.52. The molecule has 0 atom stereocenters. The van der Waals surface area contributed by atoms with E-state index in [0.29, 0.717) is 0 Å².